The number of fused-ring (bicyclic) bond motifs is 2. The number of carbonyl (C=O) groups is 1. The quantitative estimate of drug-likeness (QED) is 0.501. The molecule has 3 aromatic rings. The molecule has 0 atom stereocenters. The van der Waals surface area contributed by atoms with Crippen LogP contribution in [0.25, 0.3) is 11.0 Å². The van der Waals surface area contributed by atoms with Crippen molar-refractivity contribution in [3.05, 3.63) is 53.3 Å². The number of hydrogen-bond donors (Lipinski definition) is 0. The molecule has 1 fully saturated rings. The van der Waals surface area contributed by atoms with E-state index in [1.165, 1.54) is 13.2 Å². The van der Waals surface area contributed by atoms with Gasteiger partial charge >= 0.3 is 6.18 Å². The average Bonchev–Trinajstić information content (AvgIpc) is 3.45. The zero-order valence-electron chi connectivity index (χ0n) is 19.3. The van der Waals surface area contributed by atoms with Gasteiger partial charge in [-0.25, -0.2) is 4.98 Å². The van der Waals surface area contributed by atoms with Crippen molar-refractivity contribution in [2.24, 2.45) is 0 Å². The molecule has 10 heteroatoms. The van der Waals surface area contributed by atoms with Crippen molar-refractivity contribution in [2.75, 3.05) is 27.0 Å². The van der Waals surface area contributed by atoms with Gasteiger partial charge in [0.25, 0.3) is 0 Å². The molecule has 0 unspecified atom stereocenters. The zero-order chi connectivity index (χ0) is 24.6. The van der Waals surface area contributed by atoms with Gasteiger partial charge in [0.05, 0.1) is 16.6 Å². The molecule has 5 rings (SSSR count). The van der Waals surface area contributed by atoms with E-state index in [-0.39, 0.29) is 25.3 Å². The third kappa shape index (κ3) is 4.80. The SMILES string of the molecule is COCc1nc2cc(C(F)(F)F)ccc2n1C1CCN(C(=O)CCc2ccc3c(c2)OCO3)CC1. The Kier molecular flexibility index (Phi) is 6.31. The summed E-state index contributed by atoms with van der Waals surface area (Å²) in [4.78, 5) is 19.1. The van der Waals surface area contributed by atoms with E-state index in [9.17, 15) is 18.0 Å². The molecule has 2 aromatic carbocycles. The molecule has 1 saturated heterocycles. The fraction of sp³-hybridized carbons (Fsp3) is 0.440. The smallest absolute Gasteiger partial charge is 0.416 e. The van der Waals surface area contributed by atoms with Crippen LogP contribution in [0.2, 0.25) is 0 Å². The molecule has 186 valence electrons. The zero-order valence-corrected chi connectivity index (χ0v) is 19.3. The van der Waals surface area contributed by atoms with E-state index in [4.69, 9.17) is 14.2 Å². The second-order valence-corrected chi connectivity index (χ2v) is 8.83. The van der Waals surface area contributed by atoms with Gasteiger partial charge in [-0.05, 0) is 55.2 Å². The molecule has 2 aliphatic heterocycles. The summed E-state index contributed by atoms with van der Waals surface area (Å²) >= 11 is 0. The fourth-order valence-corrected chi connectivity index (χ4v) is 4.84. The summed E-state index contributed by atoms with van der Waals surface area (Å²) in [6.07, 6.45) is -2.03. The Labute approximate surface area is 200 Å². The van der Waals surface area contributed by atoms with E-state index in [1.54, 1.807) is 0 Å². The summed E-state index contributed by atoms with van der Waals surface area (Å²) in [6, 6.07) is 9.39. The summed E-state index contributed by atoms with van der Waals surface area (Å²) in [5.41, 5.74) is 1.25. The van der Waals surface area contributed by atoms with Crippen LogP contribution < -0.4 is 9.47 Å². The molecule has 2 aliphatic rings. The van der Waals surface area contributed by atoms with Crippen LogP contribution in [0, 0.1) is 0 Å². The average molecular weight is 489 g/mol. The molecule has 35 heavy (non-hydrogen) atoms. The normalized spacial score (nSPS) is 16.3. The first-order valence-corrected chi connectivity index (χ1v) is 11.6. The first-order valence-electron chi connectivity index (χ1n) is 11.6. The summed E-state index contributed by atoms with van der Waals surface area (Å²) in [6.45, 7) is 1.58. The minimum atomic E-state index is -4.42. The highest BCUT2D eigenvalue weighted by atomic mass is 19.4. The number of rotatable bonds is 6. The molecule has 0 bridgehead atoms. The molecule has 7 nitrogen and oxygen atoms in total. The molecule has 0 saturated carbocycles. The van der Waals surface area contributed by atoms with Crippen LogP contribution in [0.15, 0.2) is 36.4 Å². The van der Waals surface area contributed by atoms with Crippen molar-refractivity contribution in [1.29, 1.82) is 0 Å². The maximum atomic E-state index is 13.2. The van der Waals surface area contributed by atoms with E-state index in [0.717, 1.165) is 23.4 Å². The Morgan fingerprint density at radius 3 is 2.63 bits per heavy atom. The lowest BCUT2D eigenvalue weighted by molar-refractivity contribution is -0.137. The number of piperidine rings is 1. The van der Waals surface area contributed by atoms with E-state index in [1.807, 2.05) is 27.7 Å². The minimum absolute atomic E-state index is 0.0276. The van der Waals surface area contributed by atoms with E-state index in [0.29, 0.717) is 61.4 Å². The van der Waals surface area contributed by atoms with Crippen LogP contribution in [0.5, 0.6) is 11.5 Å². The number of imidazole rings is 1. The third-order valence-electron chi connectivity index (χ3n) is 6.61. The maximum Gasteiger partial charge on any atom is 0.416 e. The van der Waals surface area contributed by atoms with Crippen LogP contribution in [-0.4, -0.2) is 47.4 Å². The van der Waals surface area contributed by atoms with E-state index in [2.05, 4.69) is 4.98 Å². The number of aromatic nitrogens is 2. The van der Waals surface area contributed by atoms with Crippen molar-refractivity contribution in [2.45, 2.75) is 44.5 Å². The number of ether oxygens (including phenoxy) is 3. The highest BCUT2D eigenvalue weighted by Crippen LogP contribution is 2.35. The van der Waals surface area contributed by atoms with Crippen molar-refractivity contribution in [3.63, 3.8) is 0 Å². The van der Waals surface area contributed by atoms with Gasteiger partial charge < -0.3 is 23.7 Å². The van der Waals surface area contributed by atoms with Gasteiger partial charge in [-0.15, -0.1) is 0 Å². The van der Waals surface area contributed by atoms with Crippen LogP contribution in [-0.2, 0) is 28.7 Å². The highest BCUT2D eigenvalue weighted by molar-refractivity contribution is 5.78. The topological polar surface area (TPSA) is 65.8 Å². The van der Waals surface area contributed by atoms with Gasteiger partial charge in [0, 0.05) is 32.7 Å². The Bertz CT molecular complexity index is 1230. The number of hydrogen-bond acceptors (Lipinski definition) is 5. The van der Waals surface area contributed by atoms with Gasteiger partial charge in [-0.3, -0.25) is 4.79 Å². The van der Waals surface area contributed by atoms with Gasteiger partial charge in [0.2, 0.25) is 12.7 Å². The summed E-state index contributed by atoms with van der Waals surface area (Å²) < 4.78 is 57.5. The van der Waals surface area contributed by atoms with Crippen LogP contribution >= 0.6 is 0 Å². The largest absolute Gasteiger partial charge is 0.454 e. The monoisotopic (exact) mass is 489 g/mol. The van der Waals surface area contributed by atoms with Crippen molar-refractivity contribution < 1.29 is 32.2 Å². The number of likely N-dealkylation sites (tertiary alicyclic amines) is 1. The lowest BCUT2D eigenvalue weighted by Crippen LogP contribution is -2.39. The predicted octanol–water partition coefficient (Wildman–Crippen LogP) is 4.73. The summed E-state index contributed by atoms with van der Waals surface area (Å²) in [5, 5.41) is 0. The molecule has 1 amide bonds. The molecular formula is C25H26F3N3O4. The minimum Gasteiger partial charge on any atom is -0.454 e. The number of benzene rings is 2. The van der Waals surface area contributed by atoms with Crippen molar-refractivity contribution in [3.8, 4) is 11.5 Å². The summed E-state index contributed by atoms with van der Waals surface area (Å²) in [5.74, 6) is 2.10. The summed E-state index contributed by atoms with van der Waals surface area (Å²) in [7, 11) is 1.53. The number of aryl methyl sites for hydroxylation is 1. The Balaban J connectivity index is 1.25. The lowest BCUT2D eigenvalue weighted by atomic mass is 10.0. The number of alkyl halides is 3. The van der Waals surface area contributed by atoms with E-state index < -0.39 is 11.7 Å². The number of nitrogens with zero attached hydrogens (tertiary/aromatic N) is 3. The number of methoxy groups -OCH3 is 1. The Morgan fingerprint density at radius 1 is 1.11 bits per heavy atom. The van der Waals surface area contributed by atoms with Gasteiger partial charge in [0.1, 0.15) is 12.4 Å². The second-order valence-electron chi connectivity index (χ2n) is 8.83. The first-order chi connectivity index (χ1) is 16.8. The van der Waals surface area contributed by atoms with Crippen LogP contribution in [0.3, 0.4) is 0 Å². The molecular weight excluding hydrogens is 463 g/mol. The highest BCUT2D eigenvalue weighted by Gasteiger charge is 2.32. The predicted molar refractivity (Wildman–Crippen MR) is 121 cm³/mol. The number of amides is 1. The molecule has 3 heterocycles. The number of carbonyl (C=O) groups excluding carboxylic acids is 1. The van der Waals surface area contributed by atoms with E-state index >= 15 is 0 Å². The molecule has 0 aliphatic carbocycles. The first kappa shape index (κ1) is 23.5. The molecule has 0 radical (unpaired) electrons. The lowest BCUT2D eigenvalue weighted by Gasteiger charge is -2.33. The fourth-order valence-electron chi connectivity index (χ4n) is 4.84. The van der Waals surface area contributed by atoms with Crippen molar-refractivity contribution in [1.82, 2.24) is 14.5 Å². The Hall–Kier alpha value is -3.27. The standard InChI is InChI=1S/C25H26F3N3O4/c1-33-14-23-29-19-13-17(25(26,27)28)4-5-20(19)31(23)18-8-10-30(11-9-18)24(32)7-3-16-2-6-21-22(12-16)35-15-34-21/h2,4-6,12-13,18H,3,7-11,14-15H2,1H3. The molecule has 1 aromatic heterocycles. The van der Waals surface area contributed by atoms with Gasteiger partial charge in [0.15, 0.2) is 11.5 Å². The third-order valence-corrected chi connectivity index (χ3v) is 6.61. The van der Waals surface area contributed by atoms with Crippen LogP contribution in [0.1, 0.15) is 42.3 Å². The van der Waals surface area contributed by atoms with Crippen molar-refractivity contribution >= 4 is 16.9 Å². The van der Waals surface area contributed by atoms with Crippen LogP contribution in [0.4, 0.5) is 13.2 Å². The molecule has 0 spiro atoms. The second kappa shape index (κ2) is 9.41. The molecule has 0 N–H and O–H groups in total. The maximum absolute atomic E-state index is 13.2. The van der Waals surface area contributed by atoms with Gasteiger partial charge in [-0.2, -0.15) is 13.2 Å². The van der Waals surface area contributed by atoms with Gasteiger partial charge in [-0.1, -0.05) is 6.07 Å². The number of halogens is 3. The Morgan fingerprint density at radius 2 is 1.89 bits per heavy atom.